The predicted octanol–water partition coefficient (Wildman–Crippen LogP) is 4.16. The Hall–Kier alpha value is -1.66. The van der Waals surface area contributed by atoms with E-state index in [1.165, 1.54) is 16.4 Å². The fourth-order valence-corrected chi connectivity index (χ4v) is 3.72. The monoisotopic (exact) mass is 327 g/mol. The second-order valence-corrected chi connectivity index (χ2v) is 8.45. The first-order chi connectivity index (χ1) is 10.7. The molecule has 1 unspecified atom stereocenters. The second-order valence-electron chi connectivity index (χ2n) is 7.12. The van der Waals surface area contributed by atoms with Crippen molar-refractivity contribution in [3.05, 3.63) is 52.6 Å². The quantitative estimate of drug-likeness (QED) is 0.666. The molecule has 2 nitrogen and oxygen atoms in total. The van der Waals surface area contributed by atoms with Gasteiger partial charge in [-0.25, -0.2) is 0 Å². The van der Waals surface area contributed by atoms with Crippen LogP contribution >= 0.6 is 8.58 Å². The third kappa shape index (κ3) is 4.91. The van der Waals surface area contributed by atoms with Gasteiger partial charge in [0, 0.05) is 17.1 Å². The zero-order chi connectivity index (χ0) is 17.2. The first kappa shape index (κ1) is 17.7. The van der Waals surface area contributed by atoms with Crippen molar-refractivity contribution in [2.24, 2.45) is 4.99 Å². The van der Waals surface area contributed by atoms with Crippen molar-refractivity contribution >= 4 is 25.4 Å². The van der Waals surface area contributed by atoms with E-state index >= 15 is 0 Å². The number of aliphatic imine (C=N–C) groups is 1. The summed E-state index contributed by atoms with van der Waals surface area (Å²) in [6, 6.07) is 10.5. The number of benzene rings is 2. The number of hydrogen-bond donors (Lipinski definition) is 1. The van der Waals surface area contributed by atoms with E-state index in [0.29, 0.717) is 14.3 Å². The Balaban J connectivity index is 2.43. The van der Waals surface area contributed by atoms with Gasteiger partial charge in [-0.2, -0.15) is 0 Å². The highest BCUT2D eigenvalue weighted by atomic mass is 31.1. The summed E-state index contributed by atoms with van der Waals surface area (Å²) < 4.78 is 0. The van der Waals surface area contributed by atoms with Crippen LogP contribution in [0.15, 0.2) is 35.3 Å². The van der Waals surface area contributed by atoms with Gasteiger partial charge in [-0.1, -0.05) is 32.3 Å². The van der Waals surface area contributed by atoms with E-state index in [4.69, 9.17) is 0 Å². The van der Waals surface area contributed by atoms with Crippen molar-refractivity contribution in [1.29, 1.82) is 0 Å². The molecule has 23 heavy (non-hydrogen) atoms. The van der Waals surface area contributed by atoms with E-state index in [2.05, 4.69) is 63.9 Å². The van der Waals surface area contributed by atoms with E-state index in [9.17, 15) is 5.11 Å². The average Bonchev–Trinajstić information content (AvgIpc) is 2.43. The molecule has 0 aliphatic heterocycles. The summed E-state index contributed by atoms with van der Waals surface area (Å²) >= 11 is 0. The minimum atomic E-state index is -0.0911. The Bertz CT molecular complexity index is 742. The zero-order valence-corrected chi connectivity index (χ0v) is 15.9. The molecule has 0 aliphatic carbocycles. The lowest BCUT2D eigenvalue weighted by Gasteiger charge is -2.14. The summed E-state index contributed by atoms with van der Waals surface area (Å²) in [6.07, 6.45) is 1.97. The smallest absolute Gasteiger partial charge is 0.126 e. The molecule has 0 amide bonds. The molecule has 0 aromatic heterocycles. The van der Waals surface area contributed by atoms with Crippen LogP contribution < -0.4 is 10.6 Å². The largest absolute Gasteiger partial charge is 0.507 e. The lowest BCUT2D eigenvalue weighted by molar-refractivity contribution is 0.475. The molecular weight excluding hydrogens is 301 g/mol. The SMILES string of the molecule is Cc1ccc(Pc2cc(C)cc(C)c2O)c(C=NC(C)(C)C)c1. The standard InChI is InChI=1S/C20H26NOP/c1-13-7-8-17(16(10-13)12-21-20(4,5)6)23-18-11-14(2)9-15(3)19(18)22/h7-12,22-23H,1-6H3. The Morgan fingerprint density at radius 3 is 2.30 bits per heavy atom. The van der Waals surface area contributed by atoms with Crippen LogP contribution in [0.4, 0.5) is 0 Å². The maximum absolute atomic E-state index is 10.4. The summed E-state index contributed by atoms with van der Waals surface area (Å²) in [5.74, 6) is 0.410. The third-order valence-corrected chi connectivity index (χ3v) is 4.89. The number of phenolic OH excluding ortho intramolecular Hbond substituents is 1. The molecule has 0 saturated heterocycles. The van der Waals surface area contributed by atoms with Crippen LogP contribution in [0.2, 0.25) is 0 Å². The average molecular weight is 327 g/mol. The zero-order valence-electron chi connectivity index (χ0n) is 14.9. The lowest BCUT2D eigenvalue weighted by Crippen LogP contribution is -2.14. The van der Waals surface area contributed by atoms with Gasteiger partial charge in [-0.15, -0.1) is 0 Å². The van der Waals surface area contributed by atoms with Crippen LogP contribution in [0.25, 0.3) is 0 Å². The Kier molecular flexibility index (Phi) is 5.26. The predicted molar refractivity (Wildman–Crippen MR) is 104 cm³/mol. The highest BCUT2D eigenvalue weighted by Gasteiger charge is 2.10. The van der Waals surface area contributed by atoms with E-state index in [-0.39, 0.29) is 5.54 Å². The molecule has 0 aliphatic rings. The normalized spacial score (nSPS) is 12.6. The summed E-state index contributed by atoms with van der Waals surface area (Å²) in [5, 5.41) is 12.6. The highest BCUT2D eigenvalue weighted by Crippen LogP contribution is 2.24. The number of phenols is 1. The first-order valence-electron chi connectivity index (χ1n) is 7.89. The van der Waals surface area contributed by atoms with Crippen LogP contribution in [0.5, 0.6) is 5.75 Å². The van der Waals surface area contributed by atoms with Crippen LogP contribution in [0, 0.1) is 20.8 Å². The Morgan fingerprint density at radius 2 is 1.65 bits per heavy atom. The number of nitrogens with zero attached hydrogens (tertiary/aromatic N) is 1. The molecule has 3 heteroatoms. The van der Waals surface area contributed by atoms with Gasteiger partial charge in [-0.05, 0) is 70.1 Å². The minimum absolute atomic E-state index is 0.0911. The maximum atomic E-state index is 10.4. The van der Waals surface area contributed by atoms with Gasteiger partial charge in [0.25, 0.3) is 0 Å². The van der Waals surface area contributed by atoms with Gasteiger partial charge < -0.3 is 5.11 Å². The molecule has 1 atom stereocenters. The van der Waals surface area contributed by atoms with Crippen LogP contribution in [-0.2, 0) is 0 Å². The number of hydrogen-bond acceptors (Lipinski definition) is 2. The lowest BCUT2D eigenvalue weighted by atomic mass is 10.1. The van der Waals surface area contributed by atoms with E-state index in [0.717, 1.165) is 16.4 Å². The van der Waals surface area contributed by atoms with Gasteiger partial charge in [0.1, 0.15) is 5.75 Å². The maximum Gasteiger partial charge on any atom is 0.126 e. The number of rotatable bonds is 3. The van der Waals surface area contributed by atoms with Gasteiger partial charge in [0.2, 0.25) is 0 Å². The topological polar surface area (TPSA) is 32.6 Å². The van der Waals surface area contributed by atoms with Crippen LogP contribution in [0.3, 0.4) is 0 Å². The molecule has 0 spiro atoms. The number of aryl methyl sites for hydroxylation is 3. The van der Waals surface area contributed by atoms with Crippen molar-refractivity contribution in [1.82, 2.24) is 0 Å². The van der Waals surface area contributed by atoms with Crippen molar-refractivity contribution < 1.29 is 5.11 Å². The van der Waals surface area contributed by atoms with Crippen LogP contribution in [0.1, 0.15) is 43.0 Å². The molecule has 0 radical (unpaired) electrons. The summed E-state index contributed by atoms with van der Waals surface area (Å²) in [6.45, 7) is 12.4. The van der Waals surface area contributed by atoms with Crippen molar-refractivity contribution in [2.75, 3.05) is 0 Å². The fraction of sp³-hybridized carbons (Fsp3) is 0.350. The molecule has 0 fully saturated rings. The van der Waals surface area contributed by atoms with Crippen LogP contribution in [-0.4, -0.2) is 16.9 Å². The molecule has 122 valence electrons. The molecule has 2 rings (SSSR count). The minimum Gasteiger partial charge on any atom is -0.507 e. The van der Waals surface area contributed by atoms with Crippen molar-refractivity contribution in [3.8, 4) is 5.75 Å². The molecule has 2 aromatic carbocycles. The summed E-state index contributed by atoms with van der Waals surface area (Å²) in [5.41, 5.74) is 4.38. The molecule has 0 saturated carbocycles. The highest BCUT2D eigenvalue weighted by molar-refractivity contribution is 7.56. The van der Waals surface area contributed by atoms with Gasteiger partial charge in [0.05, 0.1) is 5.54 Å². The molecular formula is C20H26NOP. The molecule has 0 bridgehead atoms. The van der Waals surface area contributed by atoms with Gasteiger partial charge in [-0.3, -0.25) is 4.99 Å². The van der Waals surface area contributed by atoms with Gasteiger partial charge in [0.15, 0.2) is 0 Å². The fourth-order valence-electron chi connectivity index (χ4n) is 2.37. The Labute approximate surface area is 141 Å². The third-order valence-electron chi connectivity index (χ3n) is 3.51. The van der Waals surface area contributed by atoms with E-state index in [1.807, 2.05) is 19.2 Å². The molecule has 1 N–H and O–H groups in total. The second kappa shape index (κ2) is 6.84. The van der Waals surface area contributed by atoms with E-state index in [1.54, 1.807) is 0 Å². The van der Waals surface area contributed by atoms with Crippen molar-refractivity contribution in [3.63, 3.8) is 0 Å². The summed E-state index contributed by atoms with van der Waals surface area (Å²) in [7, 11) is 0.416. The summed E-state index contributed by atoms with van der Waals surface area (Å²) in [4.78, 5) is 4.64. The van der Waals surface area contributed by atoms with Gasteiger partial charge >= 0.3 is 0 Å². The molecule has 2 aromatic rings. The van der Waals surface area contributed by atoms with E-state index < -0.39 is 0 Å². The van der Waals surface area contributed by atoms with Crippen molar-refractivity contribution in [2.45, 2.75) is 47.1 Å². The Morgan fingerprint density at radius 1 is 0.957 bits per heavy atom. The first-order valence-corrected chi connectivity index (χ1v) is 8.89. The molecule has 0 heterocycles. The number of aromatic hydroxyl groups is 1.